The van der Waals surface area contributed by atoms with Crippen LogP contribution in [0.25, 0.3) is 0 Å². The van der Waals surface area contributed by atoms with Crippen molar-refractivity contribution in [2.24, 2.45) is 0 Å². The zero-order chi connectivity index (χ0) is 13.8. The van der Waals surface area contributed by atoms with Gasteiger partial charge in [-0.25, -0.2) is 0 Å². The van der Waals surface area contributed by atoms with Crippen LogP contribution in [0.5, 0.6) is 0 Å². The molecule has 7 heteroatoms. The van der Waals surface area contributed by atoms with Crippen molar-refractivity contribution in [3.05, 3.63) is 0 Å². The molecule has 19 heavy (non-hydrogen) atoms. The summed E-state index contributed by atoms with van der Waals surface area (Å²) in [5.41, 5.74) is 0. The van der Waals surface area contributed by atoms with Crippen LogP contribution in [0.4, 0.5) is 0 Å². The Morgan fingerprint density at radius 2 is 2.00 bits per heavy atom. The van der Waals surface area contributed by atoms with E-state index in [9.17, 15) is 14.4 Å². The molecule has 1 atom stereocenters. The average molecular weight is 268 g/mol. The van der Waals surface area contributed by atoms with Crippen LogP contribution in [0.2, 0.25) is 0 Å². The van der Waals surface area contributed by atoms with E-state index < -0.39 is 0 Å². The van der Waals surface area contributed by atoms with Crippen LogP contribution >= 0.6 is 0 Å². The van der Waals surface area contributed by atoms with E-state index in [1.807, 2.05) is 4.90 Å². The van der Waals surface area contributed by atoms with E-state index in [1.165, 1.54) is 4.90 Å². The topological polar surface area (TPSA) is 81.8 Å². The Morgan fingerprint density at radius 1 is 1.32 bits per heavy atom. The molecule has 2 fully saturated rings. The summed E-state index contributed by atoms with van der Waals surface area (Å²) in [5.74, 6) is -0.237. The number of carbonyl (C=O) groups is 3. The van der Waals surface area contributed by atoms with Crippen molar-refractivity contribution in [3.8, 4) is 0 Å². The number of likely N-dealkylation sites (N-methyl/N-ethyl adjacent to an activating group) is 1. The Morgan fingerprint density at radius 3 is 2.63 bits per heavy atom. The summed E-state index contributed by atoms with van der Waals surface area (Å²) in [5, 5.41) is 5.82. The lowest BCUT2D eigenvalue weighted by molar-refractivity contribution is -0.138. The maximum Gasteiger partial charge on any atom is 0.238 e. The molecule has 2 heterocycles. The van der Waals surface area contributed by atoms with Crippen molar-refractivity contribution in [2.45, 2.75) is 18.9 Å². The number of carbonyl (C=O) groups excluding carboxylic acids is 3. The third kappa shape index (κ3) is 3.10. The molecule has 0 bridgehead atoms. The van der Waals surface area contributed by atoms with E-state index in [4.69, 9.17) is 0 Å². The van der Waals surface area contributed by atoms with Crippen molar-refractivity contribution in [1.29, 1.82) is 0 Å². The summed E-state index contributed by atoms with van der Waals surface area (Å²) in [6, 6.07) is -0.230. The maximum atomic E-state index is 11.8. The van der Waals surface area contributed by atoms with Crippen molar-refractivity contribution < 1.29 is 14.4 Å². The highest BCUT2D eigenvalue weighted by Gasteiger charge is 2.32. The first-order valence-electron chi connectivity index (χ1n) is 6.63. The number of amides is 3. The van der Waals surface area contributed by atoms with Crippen LogP contribution < -0.4 is 10.6 Å². The highest BCUT2D eigenvalue weighted by Crippen LogP contribution is 2.12. The van der Waals surface area contributed by atoms with E-state index in [0.29, 0.717) is 32.5 Å². The van der Waals surface area contributed by atoms with Gasteiger partial charge in [-0.15, -0.1) is 0 Å². The first-order chi connectivity index (χ1) is 9.13. The van der Waals surface area contributed by atoms with E-state index in [2.05, 4.69) is 10.6 Å². The molecular weight excluding hydrogens is 248 g/mol. The molecule has 0 aromatic carbocycles. The number of hydrogen-bond acceptors (Lipinski definition) is 5. The number of piperazine rings is 1. The number of rotatable bonds is 4. The van der Waals surface area contributed by atoms with E-state index >= 15 is 0 Å². The Hall–Kier alpha value is -1.47. The van der Waals surface area contributed by atoms with E-state index in [-0.39, 0.29) is 23.8 Å². The second-order valence-electron chi connectivity index (χ2n) is 4.81. The number of imide groups is 1. The molecule has 2 rings (SSSR count). The van der Waals surface area contributed by atoms with Gasteiger partial charge in [0.1, 0.15) is 6.04 Å². The summed E-state index contributed by atoms with van der Waals surface area (Å²) < 4.78 is 0. The molecule has 0 spiro atoms. The molecule has 0 aromatic rings. The minimum atomic E-state index is -0.230. The van der Waals surface area contributed by atoms with Gasteiger partial charge in [0.15, 0.2) is 0 Å². The molecule has 1 unspecified atom stereocenters. The number of nitrogens with zero attached hydrogens (tertiary/aromatic N) is 2. The number of hydrogen-bond donors (Lipinski definition) is 2. The summed E-state index contributed by atoms with van der Waals surface area (Å²) >= 11 is 0. The molecule has 0 saturated carbocycles. The third-order valence-corrected chi connectivity index (χ3v) is 3.67. The van der Waals surface area contributed by atoms with Crippen molar-refractivity contribution in [1.82, 2.24) is 20.4 Å². The standard InChI is InChI=1S/C12H20N4O3/c1-13-12(19)9-8-14-4-5-15(9)6-7-16-10(17)2-3-11(16)18/h9,14H,2-8H2,1H3,(H,13,19). The van der Waals surface area contributed by atoms with Gasteiger partial charge in [-0.05, 0) is 0 Å². The van der Waals surface area contributed by atoms with Crippen LogP contribution in [0.15, 0.2) is 0 Å². The molecule has 0 aliphatic carbocycles. The van der Waals surface area contributed by atoms with Gasteiger partial charge >= 0.3 is 0 Å². The van der Waals surface area contributed by atoms with Gasteiger partial charge in [0.05, 0.1) is 0 Å². The first-order valence-corrected chi connectivity index (χ1v) is 6.63. The fourth-order valence-electron chi connectivity index (χ4n) is 2.54. The second kappa shape index (κ2) is 6.12. The maximum absolute atomic E-state index is 11.8. The SMILES string of the molecule is CNC(=O)C1CNCCN1CCN1C(=O)CCC1=O. The highest BCUT2D eigenvalue weighted by molar-refractivity contribution is 6.01. The van der Waals surface area contributed by atoms with Gasteiger partial charge in [-0.2, -0.15) is 0 Å². The molecule has 0 aromatic heterocycles. The molecule has 7 nitrogen and oxygen atoms in total. The normalized spacial score (nSPS) is 24.9. The third-order valence-electron chi connectivity index (χ3n) is 3.67. The average Bonchev–Trinajstić information content (AvgIpc) is 2.75. The monoisotopic (exact) mass is 268 g/mol. The van der Waals surface area contributed by atoms with Crippen LogP contribution in [0, 0.1) is 0 Å². The Bertz CT molecular complexity index is 369. The summed E-state index contributed by atoms with van der Waals surface area (Å²) in [4.78, 5) is 38.1. The predicted molar refractivity (Wildman–Crippen MR) is 68.3 cm³/mol. The van der Waals surface area contributed by atoms with Gasteiger partial charge < -0.3 is 10.6 Å². The predicted octanol–water partition coefficient (Wildman–Crippen LogP) is -1.84. The lowest BCUT2D eigenvalue weighted by atomic mass is 10.1. The minimum Gasteiger partial charge on any atom is -0.358 e. The first kappa shape index (κ1) is 14.0. The Kier molecular flexibility index (Phi) is 4.49. The van der Waals surface area contributed by atoms with Gasteiger partial charge in [0.2, 0.25) is 17.7 Å². The molecule has 3 amide bonds. The second-order valence-corrected chi connectivity index (χ2v) is 4.81. The van der Waals surface area contributed by atoms with Crippen molar-refractivity contribution in [2.75, 3.05) is 39.8 Å². The number of likely N-dealkylation sites (tertiary alicyclic amines) is 1. The lowest BCUT2D eigenvalue weighted by Gasteiger charge is -2.35. The van der Waals surface area contributed by atoms with Crippen molar-refractivity contribution >= 4 is 17.7 Å². The Labute approximate surface area is 112 Å². The fourth-order valence-corrected chi connectivity index (χ4v) is 2.54. The fraction of sp³-hybridized carbons (Fsp3) is 0.750. The molecule has 2 aliphatic heterocycles. The molecule has 106 valence electrons. The van der Waals surface area contributed by atoms with Crippen LogP contribution in [-0.4, -0.2) is 73.3 Å². The Balaban J connectivity index is 1.91. The van der Waals surface area contributed by atoms with Crippen molar-refractivity contribution in [3.63, 3.8) is 0 Å². The summed E-state index contributed by atoms with van der Waals surface area (Å²) in [6.45, 7) is 3.09. The highest BCUT2D eigenvalue weighted by atomic mass is 16.2. The van der Waals surface area contributed by atoms with Crippen LogP contribution in [0.3, 0.4) is 0 Å². The van der Waals surface area contributed by atoms with Crippen LogP contribution in [0.1, 0.15) is 12.8 Å². The summed E-state index contributed by atoms with van der Waals surface area (Å²) in [6.07, 6.45) is 0.637. The van der Waals surface area contributed by atoms with E-state index in [1.54, 1.807) is 7.05 Å². The van der Waals surface area contributed by atoms with Gasteiger partial charge in [0.25, 0.3) is 0 Å². The lowest BCUT2D eigenvalue weighted by Crippen LogP contribution is -2.58. The van der Waals surface area contributed by atoms with Gasteiger partial charge in [0, 0.05) is 52.6 Å². The minimum absolute atomic E-state index is 0.0359. The molecular formula is C12H20N4O3. The van der Waals surface area contributed by atoms with Crippen LogP contribution in [-0.2, 0) is 14.4 Å². The smallest absolute Gasteiger partial charge is 0.238 e. The molecule has 2 N–H and O–H groups in total. The quantitative estimate of drug-likeness (QED) is 0.585. The zero-order valence-electron chi connectivity index (χ0n) is 11.1. The van der Waals surface area contributed by atoms with E-state index in [0.717, 1.165) is 13.1 Å². The molecule has 2 saturated heterocycles. The summed E-state index contributed by atoms with van der Waals surface area (Å²) in [7, 11) is 1.61. The number of nitrogens with one attached hydrogen (secondary N) is 2. The van der Waals surface area contributed by atoms with Gasteiger partial charge in [-0.1, -0.05) is 0 Å². The molecule has 2 aliphatic rings. The van der Waals surface area contributed by atoms with Gasteiger partial charge in [-0.3, -0.25) is 24.2 Å². The zero-order valence-corrected chi connectivity index (χ0v) is 11.1. The molecule has 0 radical (unpaired) electrons. The largest absolute Gasteiger partial charge is 0.358 e.